The van der Waals surface area contributed by atoms with Gasteiger partial charge in [0.25, 0.3) is 0 Å². The number of amides is 1. The second-order valence-corrected chi connectivity index (χ2v) is 6.73. The van der Waals surface area contributed by atoms with E-state index in [0.717, 1.165) is 11.1 Å². The number of fused-ring (bicyclic) bond motifs is 1. The molecule has 1 N–H and O–H groups in total. The first kappa shape index (κ1) is 17.2. The third kappa shape index (κ3) is 3.59. The minimum Gasteiger partial charge on any atom is -0.350 e. The highest BCUT2D eigenvalue weighted by molar-refractivity contribution is 5.84. The molecular weight excluding hydrogens is 310 g/mol. The Balaban J connectivity index is 1.74. The smallest absolute Gasteiger partial charge is 0.242 e. The molecule has 0 aliphatic carbocycles. The third-order valence-electron chi connectivity index (χ3n) is 4.69. The Labute approximate surface area is 149 Å². The van der Waals surface area contributed by atoms with E-state index in [2.05, 4.69) is 48.1 Å². The number of aromatic nitrogens is 1. The fourth-order valence-electron chi connectivity index (χ4n) is 3.25. The van der Waals surface area contributed by atoms with Crippen molar-refractivity contribution in [1.29, 1.82) is 0 Å². The van der Waals surface area contributed by atoms with Crippen LogP contribution in [0.3, 0.4) is 0 Å². The van der Waals surface area contributed by atoms with Crippen LogP contribution in [0.25, 0.3) is 10.9 Å². The normalized spacial score (nSPS) is 12.5. The molecule has 0 aliphatic rings. The van der Waals surface area contributed by atoms with Crippen LogP contribution in [0.4, 0.5) is 0 Å². The van der Waals surface area contributed by atoms with Gasteiger partial charge in [-0.2, -0.15) is 0 Å². The number of hydrogen-bond acceptors (Lipinski definition) is 2. The van der Waals surface area contributed by atoms with Crippen LogP contribution in [0.5, 0.6) is 0 Å². The molecule has 0 aliphatic heterocycles. The summed E-state index contributed by atoms with van der Waals surface area (Å²) in [5.74, 6) is 0.0144. The van der Waals surface area contributed by atoms with Gasteiger partial charge in [-0.3, -0.25) is 9.69 Å². The average Bonchev–Trinajstić information content (AvgIpc) is 2.88. The number of nitrogens with one attached hydrogen (secondary N) is 1. The molecule has 0 saturated heterocycles. The van der Waals surface area contributed by atoms with Gasteiger partial charge in [0.15, 0.2) is 0 Å². The molecule has 0 spiro atoms. The molecule has 1 atom stereocenters. The van der Waals surface area contributed by atoms with Gasteiger partial charge in [0.1, 0.15) is 6.04 Å². The van der Waals surface area contributed by atoms with Gasteiger partial charge in [0.05, 0.1) is 0 Å². The number of carbonyl (C=O) groups is 1. The van der Waals surface area contributed by atoms with Crippen LogP contribution in [-0.4, -0.2) is 29.5 Å². The number of likely N-dealkylation sites (N-methyl/N-ethyl adjacent to an activating group) is 1. The third-order valence-corrected chi connectivity index (χ3v) is 4.69. The number of rotatable bonds is 5. The van der Waals surface area contributed by atoms with E-state index in [1.807, 2.05) is 49.3 Å². The molecule has 4 heteroatoms. The van der Waals surface area contributed by atoms with Gasteiger partial charge in [-0.05, 0) is 50.3 Å². The van der Waals surface area contributed by atoms with Crippen LogP contribution in [0, 0.1) is 6.92 Å². The Bertz CT molecular complexity index is 881. The standard InChI is InChI=1S/C21H25N3O/c1-15-12-18-13-16(10-11-19(18)24(15)4)14-22-21(25)20(23(2)3)17-8-6-5-7-9-17/h5-13,20H,14H2,1-4H3,(H,22,25). The first-order chi connectivity index (χ1) is 12.0. The molecule has 3 rings (SSSR count). The molecule has 0 bridgehead atoms. The Morgan fingerprint density at radius 3 is 2.52 bits per heavy atom. The summed E-state index contributed by atoms with van der Waals surface area (Å²) in [7, 11) is 5.92. The summed E-state index contributed by atoms with van der Waals surface area (Å²) in [4.78, 5) is 14.7. The average molecular weight is 335 g/mol. The van der Waals surface area contributed by atoms with Crippen molar-refractivity contribution in [2.45, 2.75) is 19.5 Å². The first-order valence-corrected chi connectivity index (χ1v) is 8.51. The summed E-state index contributed by atoms with van der Waals surface area (Å²) in [6, 6.07) is 18.1. The zero-order chi connectivity index (χ0) is 18.0. The van der Waals surface area contributed by atoms with Gasteiger partial charge in [-0.25, -0.2) is 0 Å². The number of benzene rings is 2. The van der Waals surface area contributed by atoms with Crippen molar-refractivity contribution < 1.29 is 4.79 Å². The predicted octanol–water partition coefficient (Wildman–Crippen LogP) is 3.41. The van der Waals surface area contributed by atoms with E-state index in [1.54, 1.807) is 0 Å². The van der Waals surface area contributed by atoms with Gasteiger partial charge in [0.2, 0.25) is 5.91 Å². The highest BCUT2D eigenvalue weighted by Gasteiger charge is 2.22. The minimum absolute atomic E-state index is 0.0144. The maximum atomic E-state index is 12.7. The maximum Gasteiger partial charge on any atom is 0.242 e. The van der Waals surface area contributed by atoms with Gasteiger partial charge in [-0.1, -0.05) is 36.4 Å². The van der Waals surface area contributed by atoms with E-state index < -0.39 is 0 Å². The van der Waals surface area contributed by atoms with Crippen molar-refractivity contribution in [2.24, 2.45) is 7.05 Å². The van der Waals surface area contributed by atoms with E-state index >= 15 is 0 Å². The number of hydrogen-bond donors (Lipinski definition) is 1. The van der Waals surface area contributed by atoms with E-state index in [0.29, 0.717) is 6.54 Å². The minimum atomic E-state index is -0.288. The SMILES string of the molecule is Cc1cc2cc(CNC(=O)C(c3ccccc3)N(C)C)ccc2n1C. The fraction of sp³-hybridized carbons (Fsp3) is 0.286. The van der Waals surface area contributed by atoms with Crippen LogP contribution < -0.4 is 5.32 Å². The lowest BCUT2D eigenvalue weighted by Crippen LogP contribution is -2.36. The molecule has 1 unspecified atom stereocenters. The summed E-state index contributed by atoms with van der Waals surface area (Å²) in [5, 5.41) is 4.28. The summed E-state index contributed by atoms with van der Waals surface area (Å²) in [6.07, 6.45) is 0. The van der Waals surface area contributed by atoms with Crippen LogP contribution >= 0.6 is 0 Å². The second kappa shape index (κ2) is 7.11. The van der Waals surface area contributed by atoms with Crippen LogP contribution in [0.1, 0.15) is 22.9 Å². The van der Waals surface area contributed by atoms with Crippen molar-refractivity contribution in [3.05, 3.63) is 71.4 Å². The molecule has 1 amide bonds. The largest absolute Gasteiger partial charge is 0.350 e. The van der Waals surface area contributed by atoms with Gasteiger partial charge >= 0.3 is 0 Å². The Hall–Kier alpha value is -2.59. The van der Waals surface area contributed by atoms with Crippen molar-refractivity contribution in [3.63, 3.8) is 0 Å². The molecule has 1 aromatic heterocycles. The first-order valence-electron chi connectivity index (χ1n) is 8.51. The van der Waals surface area contributed by atoms with Crippen LogP contribution in [-0.2, 0) is 18.4 Å². The Morgan fingerprint density at radius 2 is 1.84 bits per heavy atom. The summed E-state index contributed by atoms with van der Waals surface area (Å²) < 4.78 is 2.18. The molecular formula is C21H25N3O. The number of aryl methyl sites for hydroxylation is 2. The zero-order valence-electron chi connectivity index (χ0n) is 15.3. The molecule has 0 fully saturated rings. The quantitative estimate of drug-likeness (QED) is 0.776. The van der Waals surface area contributed by atoms with Crippen molar-refractivity contribution >= 4 is 16.8 Å². The van der Waals surface area contributed by atoms with E-state index in [1.165, 1.54) is 16.6 Å². The molecule has 0 saturated carbocycles. The molecule has 0 radical (unpaired) electrons. The van der Waals surface area contributed by atoms with Crippen LogP contribution in [0.2, 0.25) is 0 Å². The lowest BCUT2D eigenvalue weighted by atomic mass is 10.1. The molecule has 130 valence electrons. The topological polar surface area (TPSA) is 37.3 Å². The van der Waals surface area contributed by atoms with E-state index in [-0.39, 0.29) is 11.9 Å². The zero-order valence-corrected chi connectivity index (χ0v) is 15.3. The highest BCUT2D eigenvalue weighted by atomic mass is 16.2. The summed E-state index contributed by atoms with van der Waals surface area (Å²) >= 11 is 0. The molecule has 2 aromatic carbocycles. The van der Waals surface area contributed by atoms with Crippen molar-refractivity contribution in [2.75, 3.05) is 14.1 Å². The molecule has 4 nitrogen and oxygen atoms in total. The maximum absolute atomic E-state index is 12.7. The van der Waals surface area contributed by atoms with E-state index in [9.17, 15) is 4.79 Å². The van der Waals surface area contributed by atoms with Crippen LogP contribution in [0.15, 0.2) is 54.6 Å². The van der Waals surface area contributed by atoms with Crippen molar-refractivity contribution in [3.8, 4) is 0 Å². The Kier molecular flexibility index (Phi) is 4.91. The molecule has 1 heterocycles. The lowest BCUT2D eigenvalue weighted by molar-refractivity contribution is -0.125. The van der Waals surface area contributed by atoms with Gasteiger partial charge in [0, 0.05) is 30.2 Å². The Morgan fingerprint density at radius 1 is 1.12 bits per heavy atom. The fourth-order valence-corrected chi connectivity index (χ4v) is 3.25. The number of nitrogens with zero attached hydrogens (tertiary/aromatic N) is 2. The van der Waals surface area contributed by atoms with Gasteiger partial charge < -0.3 is 9.88 Å². The van der Waals surface area contributed by atoms with Crippen molar-refractivity contribution in [1.82, 2.24) is 14.8 Å². The monoisotopic (exact) mass is 335 g/mol. The lowest BCUT2D eigenvalue weighted by Gasteiger charge is -2.23. The second-order valence-electron chi connectivity index (χ2n) is 6.73. The predicted molar refractivity (Wildman–Crippen MR) is 102 cm³/mol. The molecule has 3 aromatic rings. The van der Waals surface area contributed by atoms with Gasteiger partial charge in [-0.15, -0.1) is 0 Å². The van der Waals surface area contributed by atoms with E-state index in [4.69, 9.17) is 0 Å². The summed E-state index contributed by atoms with van der Waals surface area (Å²) in [5.41, 5.74) is 4.55. The highest BCUT2D eigenvalue weighted by Crippen LogP contribution is 2.21. The number of carbonyl (C=O) groups excluding carboxylic acids is 1. The molecule has 25 heavy (non-hydrogen) atoms. The summed E-state index contributed by atoms with van der Waals surface area (Å²) in [6.45, 7) is 2.63.